The van der Waals surface area contributed by atoms with Crippen LogP contribution in [0.25, 0.3) is 0 Å². The lowest BCUT2D eigenvalue weighted by Gasteiger charge is -2.42. The number of halogens is 3. The van der Waals surface area contributed by atoms with Crippen LogP contribution in [0.1, 0.15) is 43.7 Å². The van der Waals surface area contributed by atoms with E-state index in [2.05, 4.69) is 0 Å². The number of alkyl halides is 3. The minimum atomic E-state index is -4.35. The second kappa shape index (κ2) is 6.94. The minimum Gasteiger partial charge on any atom is -0.487 e. The number of carbonyl (C=O) groups excluding carboxylic acids is 1. The highest BCUT2D eigenvalue weighted by molar-refractivity contribution is 5.79. The standard InChI is InChI=1S/C21H26F3NO3/c1-20(11-15-10-17(21(22,23)24)2-3-18(15)28-20)16-4-6-25(7-5-16)19(27)14-8-13(9-14)12-26/h2-3,10,13-14,16,26H,4-9,11-12H2,1H3. The van der Waals surface area contributed by atoms with E-state index < -0.39 is 17.3 Å². The number of amides is 1. The highest BCUT2D eigenvalue weighted by atomic mass is 19.4. The van der Waals surface area contributed by atoms with Gasteiger partial charge in [-0.2, -0.15) is 13.2 Å². The van der Waals surface area contributed by atoms with Crippen LogP contribution in [-0.4, -0.2) is 41.2 Å². The number of aliphatic hydroxyl groups is 1. The van der Waals surface area contributed by atoms with Crippen molar-refractivity contribution >= 4 is 5.91 Å². The van der Waals surface area contributed by atoms with Gasteiger partial charge in [0.25, 0.3) is 0 Å². The first kappa shape index (κ1) is 19.6. The van der Waals surface area contributed by atoms with E-state index in [1.165, 1.54) is 12.1 Å². The summed E-state index contributed by atoms with van der Waals surface area (Å²) in [7, 11) is 0. The van der Waals surface area contributed by atoms with Gasteiger partial charge >= 0.3 is 6.18 Å². The molecule has 1 aromatic carbocycles. The van der Waals surface area contributed by atoms with Gasteiger partial charge in [-0.05, 0) is 62.3 Å². The van der Waals surface area contributed by atoms with Crippen molar-refractivity contribution in [2.75, 3.05) is 19.7 Å². The zero-order chi connectivity index (χ0) is 20.1. The molecule has 2 aliphatic heterocycles. The Morgan fingerprint density at radius 2 is 1.96 bits per heavy atom. The first-order chi connectivity index (χ1) is 13.2. The average molecular weight is 397 g/mol. The van der Waals surface area contributed by atoms with Crippen molar-refractivity contribution in [1.29, 1.82) is 0 Å². The summed E-state index contributed by atoms with van der Waals surface area (Å²) in [6, 6.07) is 3.70. The molecule has 1 aliphatic carbocycles. The molecule has 0 radical (unpaired) electrons. The van der Waals surface area contributed by atoms with Gasteiger partial charge in [0.1, 0.15) is 11.4 Å². The fraction of sp³-hybridized carbons (Fsp3) is 0.667. The third-order valence-corrected chi connectivity index (χ3v) is 6.79. The minimum absolute atomic E-state index is 0.0389. The maximum atomic E-state index is 13.0. The molecule has 0 aromatic heterocycles. The van der Waals surface area contributed by atoms with Crippen molar-refractivity contribution in [1.82, 2.24) is 4.90 Å². The molecule has 1 N–H and O–H groups in total. The van der Waals surface area contributed by atoms with Crippen LogP contribution in [0.15, 0.2) is 18.2 Å². The van der Waals surface area contributed by atoms with Gasteiger partial charge in [-0.15, -0.1) is 0 Å². The third-order valence-electron chi connectivity index (χ3n) is 6.79. The number of piperidine rings is 1. The third kappa shape index (κ3) is 3.49. The van der Waals surface area contributed by atoms with Gasteiger partial charge in [0.2, 0.25) is 5.91 Å². The van der Waals surface area contributed by atoms with Gasteiger partial charge in [0, 0.05) is 38.0 Å². The zero-order valence-electron chi connectivity index (χ0n) is 16.0. The number of ether oxygens (including phenoxy) is 1. The van der Waals surface area contributed by atoms with Gasteiger partial charge in [-0.1, -0.05) is 0 Å². The molecule has 1 atom stereocenters. The van der Waals surface area contributed by atoms with E-state index in [0.717, 1.165) is 31.7 Å². The molecule has 3 aliphatic rings. The van der Waals surface area contributed by atoms with E-state index >= 15 is 0 Å². The quantitative estimate of drug-likeness (QED) is 0.847. The summed E-state index contributed by atoms with van der Waals surface area (Å²) in [5.74, 6) is 1.22. The summed E-state index contributed by atoms with van der Waals surface area (Å²) < 4.78 is 45.0. The Balaban J connectivity index is 1.36. The fourth-order valence-corrected chi connectivity index (χ4v) is 4.94. The topological polar surface area (TPSA) is 49.8 Å². The number of carbonyl (C=O) groups is 1. The first-order valence-corrected chi connectivity index (χ1v) is 9.98. The molecule has 1 aromatic rings. The van der Waals surface area contributed by atoms with Crippen LogP contribution < -0.4 is 4.74 Å². The monoisotopic (exact) mass is 397 g/mol. The van der Waals surface area contributed by atoms with Gasteiger partial charge in [-0.3, -0.25) is 4.79 Å². The van der Waals surface area contributed by atoms with Gasteiger partial charge in [0.05, 0.1) is 5.56 Å². The Labute approximate surface area is 162 Å². The van der Waals surface area contributed by atoms with E-state index in [1.807, 2.05) is 11.8 Å². The highest BCUT2D eigenvalue weighted by Crippen LogP contribution is 2.45. The number of fused-ring (bicyclic) bond motifs is 1. The molecule has 154 valence electrons. The van der Waals surface area contributed by atoms with Crippen molar-refractivity contribution in [2.24, 2.45) is 17.8 Å². The molecule has 1 saturated heterocycles. The van der Waals surface area contributed by atoms with E-state index in [1.54, 1.807) is 0 Å². The molecular weight excluding hydrogens is 371 g/mol. The largest absolute Gasteiger partial charge is 0.487 e. The molecule has 1 saturated carbocycles. The van der Waals surface area contributed by atoms with Crippen LogP contribution in [-0.2, 0) is 17.4 Å². The Kier molecular flexibility index (Phi) is 4.84. The average Bonchev–Trinajstić information content (AvgIpc) is 2.96. The number of rotatable bonds is 3. The lowest BCUT2D eigenvalue weighted by atomic mass is 9.74. The number of nitrogens with zero attached hydrogens (tertiary/aromatic N) is 1. The van der Waals surface area contributed by atoms with E-state index in [0.29, 0.717) is 30.8 Å². The van der Waals surface area contributed by atoms with Crippen LogP contribution >= 0.6 is 0 Å². The molecule has 0 spiro atoms. The highest BCUT2D eigenvalue weighted by Gasteiger charge is 2.45. The summed E-state index contributed by atoms with van der Waals surface area (Å²) in [6.07, 6.45) is -0.765. The lowest BCUT2D eigenvalue weighted by molar-refractivity contribution is -0.143. The second-order valence-corrected chi connectivity index (χ2v) is 8.73. The number of aliphatic hydroxyl groups excluding tert-OH is 1. The Morgan fingerprint density at radius 3 is 2.57 bits per heavy atom. The Morgan fingerprint density at radius 1 is 1.29 bits per heavy atom. The van der Waals surface area contributed by atoms with Crippen molar-refractivity contribution in [2.45, 2.75) is 50.8 Å². The molecule has 0 bridgehead atoms. The maximum absolute atomic E-state index is 13.0. The van der Waals surface area contributed by atoms with Crippen molar-refractivity contribution in [3.05, 3.63) is 29.3 Å². The van der Waals surface area contributed by atoms with E-state index in [-0.39, 0.29) is 30.3 Å². The first-order valence-electron chi connectivity index (χ1n) is 9.98. The summed E-state index contributed by atoms with van der Waals surface area (Å²) in [4.78, 5) is 14.5. The number of likely N-dealkylation sites (tertiary alicyclic amines) is 1. The smallest absolute Gasteiger partial charge is 0.416 e. The molecule has 4 rings (SSSR count). The molecule has 2 fully saturated rings. The van der Waals surface area contributed by atoms with E-state index in [4.69, 9.17) is 9.84 Å². The van der Waals surface area contributed by atoms with Crippen LogP contribution in [0.4, 0.5) is 13.2 Å². The van der Waals surface area contributed by atoms with E-state index in [9.17, 15) is 18.0 Å². The predicted molar refractivity (Wildman–Crippen MR) is 96.8 cm³/mol. The lowest BCUT2D eigenvalue weighted by Crippen LogP contribution is -2.50. The van der Waals surface area contributed by atoms with Crippen LogP contribution in [0.5, 0.6) is 5.75 Å². The molecular formula is C21H26F3NO3. The normalized spacial score (nSPS) is 30.5. The van der Waals surface area contributed by atoms with Crippen LogP contribution in [0.3, 0.4) is 0 Å². The fourth-order valence-electron chi connectivity index (χ4n) is 4.94. The predicted octanol–water partition coefficient (Wildman–Crippen LogP) is 3.66. The molecule has 4 nitrogen and oxygen atoms in total. The zero-order valence-corrected chi connectivity index (χ0v) is 16.0. The number of hydrogen-bond donors (Lipinski definition) is 1. The van der Waals surface area contributed by atoms with Gasteiger partial charge < -0.3 is 14.7 Å². The Bertz CT molecular complexity index is 752. The number of benzene rings is 1. The molecule has 28 heavy (non-hydrogen) atoms. The molecule has 7 heteroatoms. The van der Waals surface area contributed by atoms with Crippen LogP contribution in [0.2, 0.25) is 0 Å². The van der Waals surface area contributed by atoms with Gasteiger partial charge in [0.15, 0.2) is 0 Å². The summed E-state index contributed by atoms with van der Waals surface area (Å²) in [6.45, 7) is 3.44. The summed E-state index contributed by atoms with van der Waals surface area (Å²) in [5, 5.41) is 9.12. The van der Waals surface area contributed by atoms with Crippen molar-refractivity contribution in [3.63, 3.8) is 0 Å². The summed E-state index contributed by atoms with van der Waals surface area (Å²) in [5.41, 5.74) is -0.554. The SMILES string of the molecule is CC1(C2CCN(C(=O)C3CC(CO)C3)CC2)Cc2cc(C(F)(F)F)ccc2O1. The maximum Gasteiger partial charge on any atom is 0.416 e. The van der Waals surface area contributed by atoms with Crippen molar-refractivity contribution < 1.29 is 27.8 Å². The Hall–Kier alpha value is -1.76. The van der Waals surface area contributed by atoms with Gasteiger partial charge in [-0.25, -0.2) is 0 Å². The van der Waals surface area contributed by atoms with Crippen LogP contribution in [0, 0.1) is 17.8 Å². The number of hydrogen-bond acceptors (Lipinski definition) is 3. The molecule has 1 unspecified atom stereocenters. The molecule has 1 amide bonds. The molecule has 2 heterocycles. The van der Waals surface area contributed by atoms with Crippen molar-refractivity contribution in [3.8, 4) is 5.75 Å². The second-order valence-electron chi connectivity index (χ2n) is 8.73. The summed E-state index contributed by atoms with van der Waals surface area (Å²) >= 11 is 0.